The Morgan fingerprint density at radius 2 is 1.89 bits per heavy atom. The molecule has 7 heteroatoms. The molecule has 2 nitrogen and oxygen atoms in total. The zero-order valence-corrected chi connectivity index (χ0v) is 10.8. The van der Waals surface area contributed by atoms with Gasteiger partial charge in [-0.05, 0) is 24.1 Å². The van der Waals surface area contributed by atoms with E-state index < -0.39 is 18.8 Å². The van der Waals surface area contributed by atoms with Crippen molar-refractivity contribution >= 4 is 23.2 Å². The molecule has 1 aromatic rings. The Bertz CT molecular complexity index is 398. The van der Waals surface area contributed by atoms with E-state index in [-0.39, 0.29) is 6.61 Å². The Morgan fingerprint density at radius 1 is 1.22 bits per heavy atom. The molecule has 0 aliphatic carbocycles. The lowest BCUT2D eigenvalue weighted by atomic mass is 10.1. The number of rotatable bonds is 5. The molecular formula is C11H12Cl2F3NO. The van der Waals surface area contributed by atoms with Crippen molar-refractivity contribution in [3.8, 4) is 0 Å². The summed E-state index contributed by atoms with van der Waals surface area (Å²) < 4.78 is 40.0. The topological polar surface area (TPSA) is 35.2 Å². The van der Waals surface area contributed by atoms with Crippen LogP contribution in [0, 0.1) is 0 Å². The van der Waals surface area contributed by atoms with E-state index in [9.17, 15) is 13.2 Å². The lowest BCUT2D eigenvalue weighted by Crippen LogP contribution is -2.31. The molecule has 0 radical (unpaired) electrons. The van der Waals surface area contributed by atoms with Crippen molar-refractivity contribution in [1.82, 2.24) is 0 Å². The molecule has 1 atom stereocenters. The average molecular weight is 302 g/mol. The standard InChI is InChI=1S/C11H12Cl2F3NO/c12-9-2-1-7(4-10(9)13)3-8(17)5-18-6-11(14,15)16/h1-2,4,8H,3,5-6,17H2. The number of nitrogens with two attached hydrogens (primary N) is 1. The Hall–Kier alpha value is -0.490. The first-order valence-corrected chi connectivity index (χ1v) is 5.87. The van der Waals surface area contributed by atoms with Gasteiger partial charge in [0.1, 0.15) is 6.61 Å². The minimum Gasteiger partial charge on any atom is -0.370 e. The fraction of sp³-hybridized carbons (Fsp3) is 0.455. The van der Waals surface area contributed by atoms with E-state index in [0.717, 1.165) is 5.56 Å². The maximum absolute atomic E-state index is 11.8. The summed E-state index contributed by atoms with van der Waals surface area (Å²) >= 11 is 11.5. The van der Waals surface area contributed by atoms with Crippen LogP contribution in [0.5, 0.6) is 0 Å². The molecule has 18 heavy (non-hydrogen) atoms. The van der Waals surface area contributed by atoms with E-state index in [0.29, 0.717) is 16.5 Å². The lowest BCUT2D eigenvalue weighted by Gasteiger charge is -2.13. The van der Waals surface area contributed by atoms with Gasteiger partial charge in [0, 0.05) is 6.04 Å². The van der Waals surface area contributed by atoms with E-state index in [1.165, 1.54) is 0 Å². The molecule has 0 aromatic heterocycles. The minimum atomic E-state index is -4.33. The average Bonchev–Trinajstić information content (AvgIpc) is 2.21. The van der Waals surface area contributed by atoms with Gasteiger partial charge in [0.2, 0.25) is 0 Å². The van der Waals surface area contributed by atoms with Gasteiger partial charge in [-0.2, -0.15) is 13.2 Å². The number of hydrogen-bond donors (Lipinski definition) is 1. The third-order valence-electron chi connectivity index (χ3n) is 2.08. The number of hydrogen-bond acceptors (Lipinski definition) is 2. The van der Waals surface area contributed by atoms with Gasteiger partial charge in [-0.1, -0.05) is 29.3 Å². The number of ether oxygens (including phenoxy) is 1. The molecule has 102 valence electrons. The molecule has 0 spiro atoms. The van der Waals surface area contributed by atoms with Crippen molar-refractivity contribution in [2.75, 3.05) is 13.2 Å². The van der Waals surface area contributed by atoms with Crippen LogP contribution in [0.25, 0.3) is 0 Å². The van der Waals surface area contributed by atoms with E-state index in [4.69, 9.17) is 28.9 Å². The number of benzene rings is 1. The summed E-state index contributed by atoms with van der Waals surface area (Å²) in [5.74, 6) is 0. The largest absolute Gasteiger partial charge is 0.411 e. The molecule has 0 saturated carbocycles. The molecular weight excluding hydrogens is 290 g/mol. The molecule has 0 aliphatic heterocycles. The maximum atomic E-state index is 11.8. The van der Waals surface area contributed by atoms with Gasteiger partial charge in [-0.15, -0.1) is 0 Å². The van der Waals surface area contributed by atoms with E-state index in [1.54, 1.807) is 18.2 Å². The molecule has 0 saturated heterocycles. The molecule has 0 aliphatic rings. The summed E-state index contributed by atoms with van der Waals surface area (Å²) in [6.07, 6.45) is -3.96. The van der Waals surface area contributed by atoms with Crippen LogP contribution in [0.3, 0.4) is 0 Å². The molecule has 0 amide bonds. The van der Waals surface area contributed by atoms with Gasteiger partial charge in [-0.3, -0.25) is 0 Å². The van der Waals surface area contributed by atoms with Gasteiger partial charge in [0.15, 0.2) is 0 Å². The highest BCUT2D eigenvalue weighted by molar-refractivity contribution is 6.42. The van der Waals surface area contributed by atoms with Crippen LogP contribution in [-0.4, -0.2) is 25.4 Å². The Labute approximate surface area is 113 Å². The normalized spacial score (nSPS) is 13.7. The van der Waals surface area contributed by atoms with Crippen LogP contribution >= 0.6 is 23.2 Å². The monoisotopic (exact) mass is 301 g/mol. The van der Waals surface area contributed by atoms with Crippen LogP contribution in [0.4, 0.5) is 13.2 Å². The van der Waals surface area contributed by atoms with Crippen molar-refractivity contribution in [2.24, 2.45) is 5.73 Å². The van der Waals surface area contributed by atoms with E-state index in [2.05, 4.69) is 4.74 Å². The zero-order valence-electron chi connectivity index (χ0n) is 9.31. The van der Waals surface area contributed by atoms with Crippen LogP contribution in [0.15, 0.2) is 18.2 Å². The fourth-order valence-electron chi connectivity index (χ4n) is 1.35. The van der Waals surface area contributed by atoms with Crippen LogP contribution in [-0.2, 0) is 11.2 Å². The summed E-state index contributed by atoms with van der Waals surface area (Å²) in [5, 5.41) is 0.805. The fourth-order valence-corrected chi connectivity index (χ4v) is 1.67. The van der Waals surface area contributed by atoms with Gasteiger partial charge >= 0.3 is 6.18 Å². The van der Waals surface area contributed by atoms with Gasteiger partial charge in [0.05, 0.1) is 16.7 Å². The molecule has 0 bridgehead atoms. The van der Waals surface area contributed by atoms with Crippen molar-refractivity contribution < 1.29 is 17.9 Å². The van der Waals surface area contributed by atoms with Crippen LogP contribution in [0.1, 0.15) is 5.56 Å². The van der Waals surface area contributed by atoms with E-state index in [1.807, 2.05) is 0 Å². The van der Waals surface area contributed by atoms with Crippen molar-refractivity contribution in [1.29, 1.82) is 0 Å². The van der Waals surface area contributed by atoms with Crippen LogP contribution in [0.2, 0.25) is 10.0 Å². The second-order valence-electron chi connectivity index (χ2n) is 3.84. The van der Waals surface area contributed by atoms with Crippen molar-refractivity contribution in [3.63, 3.8) is 0 Å². The van der Waals surface area contributed by atoms with Crippen LogP contribution < -0.4 is 5.73 Å². The molecule has 0 heterocycles. The Kier molecular flexibility index (Phi) is 5.72. The van der Waals surface area contributed by atoms with Gasteiger partial charge in [-0.25, -0.2) is 0 Å². The molecule has 1 aromatic carbocycles. The predicted molar refractivity (Wildman–Crippen MR) is 65.0 cm³/mol. The van der Waals surface area contributed by atoms with Gasteiger partial charge in [0.25, 0.3) is 0 Å². The van der Waals surface area contributed by atoms with E-state index >= 15 is 0 Å². The van der Waals surface area contributed by atoms with Crippen molar-refractivity contribution in [3.05, 3.63) is 33.8 Å². The SMILES string of the molecule is NC(COCC(F)(F)F)Cc1ccc(Cl)c(Cl)c1. The lowest BCUT2D eigenvalue weighted by molar-refractivity contribution is -0.174. The van der Waals surface area contributed by atoms with Gasteiger partial charge < -0.3 is 10.5 Å². The summed E-state index contributed by atoms with van der Waals surface area (Å²) in [7, 11) is 0. The first kappa shape index (κ1) is 15.6. The Morgan fingerprint density at radius 3 is 2.44 bits per heavy atom. The number of alkyl halides is 3. The summed E-state index contributed by atoms with van der Waals surface area (Å²) in [4.78, 5) is 0. The molecule has 2 N–H and O–H groups in total. The summed E-state index contributed by atoms with van der Waals surface area (Å²) in [6, 6.07) is 4.44. The zero-order chi connectivity index (χ0) is 13.8. The third-order valence-corrected chi connectivity index (χ3v) is 2.82. The highest BCUT2D eigenvalue weighted by Gasteiger charge is 2.27. The quantitative estimate of drug-likeness (QED) is 0.904. The third kappa shape index (κ3) is 5.91. The summed E-state index contributed by atoms with van der Waals surface area (Å²) in [5.41, 5.74) is 6.45. The molecule has 1 rings (SSSR count). The molecule has 0 fully saturated rings. The minimum absolute atomic E-state index is 0.167. The first-order valence-electron chi connectivity index (χ1n) is 5.12. The second-order valence-corrected chi connectivity index (χ2v) is 4.66. The summed E-state index contributed by atoms with van der Waals surface area (Å²) in [6.45, 7) is -1.46. The highest BCUT2D eigenvalue weighted by Crippen LogP contribution is 2.23. The van der Waals surface area contributed by atoms with Crippen molar-refractivity contribution in [2.45, 2.75) is 18.6 Å². The smallest absolute Gasteiger partial charge is 0.370 e. The maximum Gasteiger partial charge on any atom is 0.411 e. The number of halogens is 5. The molecule has 1 unspecified atom stereocenters. The second kappa shape index (κ2) is 6.61. The highest BCUT2D eigenvalue weighted by atomic mass is 35.5. The Balaban J connectivity index is 2.40. The first-order chi connectivity index (χ1) is 8.28. The predicted octanol–water partition coefficient (Wildman–Crippen LogP) is 3.44.